The van der Waals surface area contributed by atoms with Crippen molar-refractivity contribution in [2.75, 3.05) is 5.75 Å². The molecule has 0 saturated heterocycles. The fourth-order valence-electron chi connectivity index (χ4n) is 0. The average molecular weight is 90.2 g/mol. The van der Waals surface area contributed by atoms with Crippen molar-refractivity contribution < 1.29 is 0 Å². The summed E-state index contributed by atoms with van der Waals surface area (Å²) in [4.78, 5) is 0. The molecule has 0 aromatic heterocycles. The van der Waals surface area contributed by atoms with Crippen molar-refractivity contribution in [3.05, 3.63) is 0 Å². The van der Waals surface area contributed by atoms with E-state index in [1.54, 1.807) is 0 Å². The fraction of sp³-hybridized carbons (Fsp3) is 0.667. The van der Waals surface area contributed by atoms with Crippen LogP contribution in [-0.4, -0.2) is 11.6 Å². The van der Waals surface area contributed by atoms with E-state index in [0.717, 1.165) is 5.75 Å². The van der Waals surface area contributed by atoms with E-state index in [-0.39, 0.29) is 10.3 Å². The molecule has 2 heteroatoms. The summed E-state index contributed by atoms with van der Waals surface area (Å²) in [5.41, 5.74) is 0. The zero-order valence-corrected chi connectivity index (χ0v) is 4.14. The molecule has 0 aliphatic heterocycles. The molecule has 0 saturated carbocycles. The predicted octanol–water partition coefficient (Wildman–Crippen LogP) is 0.819. The Bertz CT molecular complexity index is 65.0. The summed E-state index contributed by atoms with van der Waals surface area (Å²) >= 11 is 0. The molecule has 32 valence electrons. The van der Waals surface area contributed by atoms with E-state index in [0.29, 0.717) is 0 Å². The largest absolute Gasteiger partial charge is 0.450 e. The van der Waals surface area contributed by atoms with Crippen LogP contribution >= 0.6 is 0 Å². The van der Waals surface area contributed by atoms with Gasteiger partial charge in [0.25, 0.3) is 0 Å². The van der Waals surface area contributed by atoms with Crippen molar-refractivity contribution in [3.63, 3.8) is 0 Å². The Balaban J connectivity index is 3.23. The first-order valence-electron chi connectivity index (χ1n) is 1.49. The first-order valence-corrected chi connectivity index (χ1v) is 3.05. The second-order valence-electron chi connectivity index (χ2n) is 0.781. The van der Waals surface area contributed by atoms with Gasteiger partial charge >= 0.3 is 0 Å². The molecule has 0 aromatic rings. The van der Waals surface area contributed by atoms with Gasteiger partial charge in [0.2, 0.25) is 0 Å². The van der Waals surface area contributed by atoms with E-state index >= 15 is 0 Å². The minimum atomic E-state index is -0.323. The molecular formula is C3H8NS-. The molecule has 0 amide bonds. The summed E-state index contributed by atoms with van der Waals surface area (Å²) < 4.78 is 6.74. The highest BCUT2D eigenvalue weighted by Gasteiger charge is 1.39. The van der Waals surface area contributed by atoms with Crippen molar-refractivity contribution in [1.29, 1.82) is 4.78 Å². The van der Waals surface area contributed by atoms with Gasteiger partial charge in [-0.15, -0.1) is 5.75 Å². The minimum Gasteiger partial charge on any atom is -0.450 e. The first kappa shape index (κ1) is 5.02. The lowest BCUT2D eigenvalue weighted by Crippen LogP contribution is -1.69. The van der Waals surface area contributed by atoms with Gasteiger partial charge in [-0.1, -0.05) is 6.92 Å². The highest BCUT2D eigenvalue weighted by atomic mass is 32.2. The minimum absolute atomic E-state index is 0.323. The molecular weight excluding hydrogens is 82.1 g/mol. The summed E-state index contributed by atoms with van der Waals surface area (Å²) in [5.74, 6) is 4.34. The van der Waals surface area contributed by atoms with E-state index < -0.39 is 0 Å². The highest BCUT2D eigenvalue weighted by Crippen LogP contribution is 1.56. The maximum atomic E-state index is 6.74. The molecule has 0 bridgehead atoms. The lowest BCUT2D eigenvalue weighted by atomic mass is 11.0. The smallest absolute Gasteiger partial charge is 0.0832 e. The van der Waals surface area contributed by atoms with Gasteiger partial charge in [0.05, 0.1) is 0 Å². The quantitative estimate of drug-likeness (QED) is 0.364. The molecule has 5 heavy (non-hydrogen) atoms. The molecule has 0 unspecified atom stereocenters. The second-order valence-corrected chi connectivity index (χ2v) is 2.34. The van der Waals surface area contributed by atoms with Gasteiger partial charge in [0.1, 0.15) is 0 Å². The van der Waals surface area contributed by atoms with Gasteiger partial charge in [-0.25, -0.2) is 5.87 Å². The Morgan fingerprint density at radius 1 is 2.00 bits per heavy atom. The Hall–Kier alpha value is 0.0200. The molecule has 1 N–H and O–H groups in total. The molecule has 0 spiro atoms. The Kier molecular flexibility index (Phi) is 2.28. The molecule has 0 rings (SSSR count). The third-order valence-electron chi connectivity index (χ3n) is 0.348. The normalized spacial score (nSPS) is 9.20. The molecule has 0 heterocycles. The van der Waals surface area contributed by atoms with Crippen molar-refractivity contribution in [3.8, 4) is 0 Å². The van der Waals surface area contributed by atoms with Gasteiger partial charge in [-0.05, 0) is 0 Å². The first-order chi connectivity index (χ1) is 2.27. The van der Waals surface area contributed by atoms with Gasteiger partial charge in [-0.2, -0.15) is 0 Å². The second kappa shape index (κ2) is 2.27. The third-order valence-corrected chi connectivity index (χ3v) is 1.05. The summed E-state index contributed by atoms with van der Waals surface area (Å²) in [6.07, 6.45) is 0. The van der Waals surface area contributed by atoms with E-state index in [1.165, 1.54) is 0 Å². The zero-order valence-electron chi connectivity index (χ0n) is 3.32. The van der Waals surface area contributed by atoms with E-state index in [9.17, 15) is 0 Å². The van der Waals surface area contributed by atoms with Crippen molar-refractivity contribution in [2.45, 2.75) is 6.92 Å². The topological polar surface area (TPSA) is 23.9 Å². The zero-order chi connectivity index (χ0) is 4.28. The van der Waals surface area contributed by atoms with Crippen LogP contribution < -0.4 is 0 Å². The van der Waals surface area contributed by atoms with Crippen LogP contribution in [0.1, 0.15) is 6.92 Å². The van der Waals surface area contributed by atoms with Crippen LogP contribution in [0.5, 0.6) is 0 Å². The molecule has 1 nitrogen and oxygen atoms in total. The highest BCUT2D eigenvalue weighted by molar-refractivity contribution is 7.83. The average Bonchev–Trinajstić information content (AvgIpc) is 1.38. The maximum Gasteiger partial charge on any atom is -0.0832 e. The van der Waals surface area contributed by atoms with Gasteiger partial charge in [-0.3, -0.25) is 0 Å². The third kappa shape index (κ3) is 4.02. The number of hydrogen-bond acceptors (Lipinski definition) is 2. The van der Waals surface area contributed by atoms with Gasteiger partial charge < -0.3 is 15.1 Å². The molecule has 0 radical (unpaired) electrons. The maximum absolute atomic E-state index is 6.74. The predicted molar refractivity (Wildman–Crippen MR) is 27.7 cm³/mol. The van der Waals surface area contributed by atoms with E-state index in [1.807, 2.05) is 6.92 Å². The summed E-state index contributed by atoms with van der Waals surface area (Å²) in [5, 5.41) is 0. The number of hydrogen-bond donors (Lipinski definition) is 1. The lowest BCUT2D eigenvalue weighted by Gasteiger charge is -1.88. The summed E-state index contributed by atoms with van der Waals surface area (Å²) in [7, 11) is -0.323. The van der Waals surface area contributed by atoms with Crippen LogP contribution in [0.2, 0.25) is 0 Å². The van der Waals surface area contributed by atoms with Crippen LogP contribution in [0.25, 0.3) is 0 Å². The van der Waals surface area contributed by atoms with Crippen LogP contribution in [0.4, 0.5) is 0 Å². The standard InChI is InChI=1S/C3H8NS/c1-3-5(2)4/h4H,2-3H2,1H3/q-1. The van der Waals surface area contributed by atoms with Crippen LogP contribution in [-0.2, 0) is 10.3 Å². The Labute approximate surface area is 34.5 Å². The number of rotatable bonds is 1. The monoisotopic (exact) mass is 90.0 g/mol. The van der Waals surface area contributed by atoms with Gasteiger partial charge in [0.15, 0.2) is 0 Å². The SMILES string of the molecule is C=[S-](=N)CC. The van der Waals surface area contributed by atoms with Gasteiger partial charge in [0, 0.05) is 0 Å². The van der Waals surface area contributed by atoms with Crippen molar-refractivity contribution >= 4 is 16.2 Å². The molecule has 0 aliphatic rings. The molecule has 0 atom stereocenters. The van der Waals surface area contributed by atoms with Crippen molar-refractivity contribution in [2.24, 2.45) is 0 Å². The Morgan fingerprint density at radius 3 is 2.20 bits per heavy atom. The van der Waals surface area contributed by atoms with Crippen LogP contribution in [0.3, 0.4) is 0 Å². The summed E-state index contributed by atoms with van der Waals surface area (Å²) in [6, 6.07) is 0. The van der Waals surface area contributed by atoms with Crippen LogP contribution in [0, 0.1) is 4.78 Å². The van der Waals surface area contributed by atoms with E-state index in [4.69, 9.17) is 4.78 Å². The molecule has 0 aliphatic carbocycles. The van der Waals surface area contributed by atoms with Crippen molar-refractivity contribution in [1.82, 2.24) is 0 Å². The fourth-order valence-corrected chi connectivity index (χ4v) is 0. The lowest BCUT2D eigenvalue weighted by molar-refractivity contribution is 1.50. The molecule has 0 aromatic carbocycles. The molecule has 0 fully saturated rings. The van der Waals surface area contributed by atoms with E-state index in [2.05, 4.69) is 5.87 Å². The Morgan fingerprint density at radius 2 is 2.20 bits per heavy atom. The summed E-state index contributed by atoms with van der Waals surface area (Å²) in [6.45, 7) is 1.96. The number of nitrogens with one attached hydrogen (secondary N) is 1. The van der Waals surface area contributed by atoms with Crippen LogP contribution in [0.15, 0.2) is 0 Å².